The van der Waals surface area contributed by atoms with Crippen molar-refractivity contribution in [2.45, 2.75) is 26.1 Å². The fraction of sp³-hybridized carbons (Fsp3) is 0.500. The third-order valence-electron chi connectivity index (χ3n) is 3.32. The molecular weight excluding hydrogens is 375 g/mol. The van der Waals surface area contributed by atoms with Crippen LogP contribution in [0, 0.1) is 5.92 Å². The van der Waals surface area contributed by atoms with E-state index in [4.69, 9.17) is 10.5 Å². The third-order valence-corrected chi connectivity index (χ3v) is 3.32. The number of hydrogen-bond acceptors (Lipinski definition) is 4. The summed E-state index contributed by atoms with van der Waals surface area (Å²) >= 11 is 0. The lowest BCUT2D eigenvalue weighted by Crippen LogP contribution is -2.47. The van der Waals surface area contributed by atoms with Crippen molar-refractivity contribution in [3.05, 3.63) is 29.8 Å². The minimum absolute atomic E-state index is 0. The highest BCUT2D eigenvalue weighted by molar-refractivity contribution is 5.87. The Morgan fingerprint density at radius 3 is 2.38 bits per heavy atom. The second-order valence-electron chi connectivity index (χ2n) is 5.68. The zero-order chi connectivity index (χ0) is 19.0. The van der Waals surface area contributed by atoms with Gasteiger partial charge in [-0.05, 0) is 18.1 Å². The van der Waals surface area contributed by atoms with Gasteiger partial charge in [-0.15, -0.1) is 12.4 Å². The van der Waals surface area contributed by atoms with E-state index in [1.807, 2.05) is 0 Å². The summed E-state index contributed by atoms with van der Waals surface area (Å²) in [5.41, 5.74) is 4.75. The molecule has 0 spiro atoms. The molecule has 10 heteroatoms. The number of amides is 2. The highest BCUT2D eigenvalue weighted by atomic mass is 35.5. The zero-order valence-electron chi connectivity index (χ0n) is 14.4. The molecule has 0 saturated heterocycles. The molecule has 0 unspecified atom stereocenters. The van der Waals surface area contributed by atoms with Crippen LogP contribution in [-0.4, -0.2) is 37.6 Å². The van der Waals surface area contributed by atoms with Gasteiger partial charge in [0.2, 0.25) is 11.8 Å². The lowest BCUT2D eigenvalue weighted by molar-refractivity contribution is -0.139. The Labute approximate surface area is 156 Å². The highest BCUT2D eigenvalue weighted by Gasteiger charge is 2.33. The van der Waals surface area contributed by atoms with Gasteiger partial charge in [-0.25, -0.2) is 0 Å². The van der Waals surface area contributed by atoms with E-state index < -0.39 is 29.6 Å². The van der Waals surface area contributed by atoms with E-state index in [0.29, 0.717) is 0 Å². The molecule has 1 aromatic carbocycles. The molecule has 26 heavy (non-hydrogen) atoms. The van der Waals surface area contributed by atoms with E-state index in [2.05, 4.69) is 10.6 Å². The van der Waals surface area contributed by atoms with Crippen molar-refractivity contribution in [1.29, 1.82) is 0 Å². The van der Waals surface area contributed by atoms with Gasteiger partial charge >= 0.3 is 6.18 Å². The predicted octanol–water partition coefficient (Wildman–Crippen LogP) is 1.72. The zero-order valence-corrected chi connectivity index (χ0v) is 15.2. The SMILES string of the molecule is CC(C)[C@H](N)C(=O)NCC(=O)NCCOc1ccccc1C(F)(F)F.Cl. The van der Waals surface area contributed by atoms with Gasteiger partial charge in [0.1, 0.15) is 12.4 Å². The average molecular weight is 398 g/mol. The van der Waals surface area contributed by atoms with Gasteiger partial charge < -0.3 is 21.1 Å². The summed E-state index contributed by atoms with van der Waals surface area (Å²) < 4.78 is 43.4. The second kappa shape index (κ2) is 10.9. The average Bonchev–Trinajstić information content (AvgIpc) is 2.55. The first-order valence-corrected chi connectivity index (χ1v) is 7.72. The summed E-state index contributed by atoms with van der Waals surface area (Å²) in [4.78, 5) is 23.2. The van der Waals surface area contributed by atoms with E-state index in [0.717, 1.165) is 6.07 Å². The van der Waals surface area contributed by atoms with Crippen LogP contribution in [-0.2, 0) is 15.8 Å². The van der Waals surface area contributed by atoms with Crippen LogP contribution in [0.25, 0.3) is 0 Å². The maximum atomic E-state index is 12.8. The molecule has 0 fully saturated rings. The molecule has 4 N–H and O–H groups in total. The van der Waals surface area contributed by atoms with Crippen molar-refractivity contribution in [2.24, 2.45) is 11.7 Å². The van der Waals surface area contributed by atoms with E-state index in [1.165, 1.54) is 18.2 Å². The molecule has 6 nitrogen and oxygen atoms in total. The highest BCUT2D eigenvalue weighted by Crippen LogP contribution is 2.35. The van der Waals surface area contributed by atoms with E-state index >= 15 is 0 Å². The fourth-order valence-electron chi connectivity index (χ4n) is 1.83. The molecule has 0 heterocycles. The van der Waals surface area contributed by atoms with Crippen LogP contribution < -0.4 is 21.1 Å². The number of ether oxygens (including phenoxy) is 1. The van der Waals surface area contributed by atoms with Gasteiger partial charge in [-0.1, -0.05) is 26.0 Å². The largest absolute Gasteiger partial charge is 0.491 e. The van der Waals surface area contributed by atoms with Crippen LogP contribution in [0.2, 0.25) is 0 Å². The summed E-state index contributed by atoms with van der Waals surface area (Å²) in [7, 11) is 0. The fourth-order valence-corrected chi connectivity index (χ4v) is 1.83. The molecule has 0 radical (unpaired) electrons. The monoisotopic (exact) mass is 397 g/mol. The van der Waals surface area contributed by atoms with E-state index in [-0.39, 0.29) is 43.8 Å². The molecule has 2 amide bonds. The van der Waals surface area contributed by atoms with Crippen molar-refractivity contribution in [1.82, 2.24) is 10.6 Å². The first kappa shape index (κ1) is 24.0. The van der Waals surface area contributed by atoms with Crippen molar-refractivity contribution in [3.8, 4) is 5.75 Å². The van der Waals surface area contributed by atoms with Gasteiger partial charge in [0.25, 0.3) is 0 Å². The lowest BCUT2D eigenvalue weighted by atomic mass is 10.1. The second-order valence-corrected chi connectivity index (χ2v) is 5.68. The quantitative estimate of drug-likeness (QED) is 0.582. The Morgan fingerprint density at radius 2 is 1.81 bits per heavy atom. The minimum Gasteiger partial charge on any atom is -0.491 e. The maximum Gasteiger partial charge on any atom is 0.419 e. The molecule has 0 aliphatic rings. The van der Waals surface area contributed by atoms with Gasteiger partial charge in [0.15, 0.2) is 0 Å². The Morgan fingerprint density at radius 1 is 1.19 bits per heavy atom. The molecule has 0 bridgehead atoms. The summed E-state index contributed by atoms with van der Waals surface area (Å²) in [5, 5.41) is 4.82. The number of carbonyl (C=O) groups is 2. The summed E-state index contributed by atoms with van der Waals surface area (Å²) in [5.74, 6) is -1.30. The smallest absolute Gasteiger partial charge is 0.419 e. The molecule has 0 aliphatic heterocycles. The molecular formula is C16H23ClF3N3O3. The van der Waals surface area contributed by atoms with Crippen LogP contribution >= 0.6 is 12.4 Å². The third kappa shape index (κ3) is 7.92. The van der Waals surface area contributed by atoms with Gasteiger partial charge in [0.05, 0.1) is 24.7 Å². The minimum atomic E-state index is -4.51. The van der Waals surface area contributed by atoms with Crippen LogP contribution in [0.4, 0.5) is 13.2 Å². The van der Waals surface area contributed by atoms with Gasteiger partial charge in [-0.2, -0.15) is 13.2 Å². The first-order chi connectivity index (χ1) is 11.6. The maximum absolute atomic E-state index is 12.8. The number of rotatable bonds is 8. The topological polar surface area (TPSA) is 93.5 Å². The summed E-state index contributed by atoms with van der Waals surface area (Å²) in [6, 6.07) is 4.10. The van der Waals surface area contributed by atoms with E-state index in [1.54, 1.807) is 13.8 Å². The first-order valence-electron chi connectivity index (χ1n) is 7.72. The van der Waals surface area contributed by atoms with Crippen molar-refractivity contribution >= 4 is 24.2 Å². The molecule has 1 rings (SSSR count). The molecule has 0 aliphatic carbocycles. The van der Waals surface area contributed by atoms with Crippen molar-refractivity contribution in [2.75, 3.05) is 19.7 Å². The number of carbonyl (C=O) groups excluding carboxylic acids is 2. The number of nitrogens with two attached hydrogens (primary N) is 1. The predicted molar refractivity (Wildman–Crippen MR) is 93.0 cm³/mol. The number of hydrogen-bond donors (Lipinski definition) is 3. The number of halogens is 4. The molecule has 1 atom stereocenters. The Bertz CT molecular complexity index is 598. The van der Waals surface area contributed by atoms with Crippen LogP contribution in [0.5, 0.6) is 5.75 Å². The standard InChI is InChI=1S/C16H22F3N3O3.ClH/c1-10(2)14(20)15(24)22-9-13(23)21-7-8-25-12-6-4-3-5-11(12)16(17,18)19;/h3-6,10,14H,7-9,20H2,1-2H3,(H,21,23)(H,22,24);1H/t14-;/m0./s1. The van der Waals surface area contributed by atoms with Crippen molar-refractivity contribution < 1.29 is 27.5 Å². The van der Waals surface area contributed by atoms with Gasteiger partial charge in [-0.3, -0.25) is 9.59 Å². The van der Waals surface area contributed by atoms with Crippen LogP contribution in [0.15, 0.2) is 24.3 Å². The lowest BCUT2D eigenvalue weighted by Gasteiger charge is -2.15. The number of benzene rings is 1. The van der Waals surface area contributed by atoms with E-state index in [9.17, 15) is 22.8 Å². The molecule has 1 aromatic rings. The number of alkyl halides is 3. The van der Waals surface area contributed by atoms with Crippen LogP contribution in [0.3, 0.4) is 0 Å². The van der Waals surface area contributed by atoms with Crippen molar-refractivity contribution in [3.63, 3.8) is 0 Å². The molecule has 148 valence electrons. The Balaban J connectivity index is 0.00000625. The Kier molecular flexibility index (Phi) is 10.0. The Hall–Kier alpha value is -2.00. The normalized spacial score (nSPS) is 12.1. The summed E-state index contributed by atoms with van der Waals surface area (Å²) in [6.07, 6.45) is -4.51. The number of para-hydroxylation sites is 1. The van der Waals surface area contributed by atoms with Crippen LogP contribution in [0.1, 0.15) is 19.4 Å². The van der Waals surface area contributed by atoms with Gasteiger partial charge in [0, 0.05) is 0 Å². The molecule has 0 aromatic heterocycles. The molecule has 0 saturated carbocycles. The summed E-state index contributed by atoms with van der Waals surface area (Å²) in [6.45, 7) is 3.15. The number of nitrogens with one attached hydrogen (secondary N) is 2.